The summed E-state index contributed by atoms with van der Waals surface area (Å²) in [6, 6.07) is 14.4. The Morgan fingerprint density at radius 3 is 2.50 bits per heavy atom. The molecule has 0 aliphatic heterocycles. The van der Waals surface area contributed by atoms with Crippen LogP contribution in [0.25, 0.3) is 16.7 Å². The fraction of sp³-hybridized carbons (Fsp3) is 0.409. The molecule has 0 radical (unpaired) electrons. The number of rotatable bonds is 9. The second-order valence-corrected chi connectivity index (χ2v) is 14.8. The van der Waals surface area contributed by atoms with Crippen LogP contribution in [0.2, 0.25) is 0 Å². The van der Waals surface area contributed by atoms with E-state index in [2.05, 4.69) is 87.2 Å². The molecule has 0 nitrogen and oxygen atoms in total. The van der Waals surface area contributed by atoms with Gasteiger partial charge in [0.25, 0.3) is 0 Å². The van der Waals surface area contributed by atoms with Crippen molar-refractivity contribution in [3.8, 4) is 11.1 Å². The van der Waals surface area contributed by atoms with Crippen LogP contribution in [0.15, 0.2) is 114 Å². The lowest BCUT2D eigenvalue weighted by Gasteiger charge is -2.29. The lowest BCUT2D eigenvalue weighted by atomic mass is 9.74. The molecule has 2 fully saturated rings. The van der Waals surface area contributed by atoms with Gasteiger partial charge in [0.05, 0.1) is 0 Å². The van der Waals surface area contributed by atoms with Crippen LogP contribution in [0.5, 0.6) is 0 Å². The van der Waals surface area contributed by atoms with Crippen molar-refractivity contribution in [2.75, 3.05) is 0 Å². The normalized spacial score (nSPS) is 26.2. The number of hydrogen-bond acceptors (Lipinski definition) is 0. The fourth-order valence-corrected chi connectivity index (χ4v) is 9.36. The van der Waals surface area contributed by atoms with Gasteiger partial charge in [0.1, 0.15) is 0 Å². The molecule has 0 amide bonds. The van der Waals surface area contributed by atoms with Gasteiger partial charge in [-0.15, -0.1) is 6.58 Å². The first-order valence-electron chi connectivity index (χ1n) is 17.4. The van der Waals surface area contributed by atoms with E-state index in [-0.39, 0.29) is 0 Å². The number of hydrogen-bond donors (Lipinski definition) is 0. The molecule has 3 unspecified atom stereocenters. The van der Waals surface area contributed by atoms with Gasteiger partial charge < -0.3 is 0 Å². The highest BCUT2D eigenvalue weighted by molar-refractivity contribution is 5.80. The smallest absolute Gasteiger partial charge is 0.0120 e. The van der Waals surface area contributed by atoms with Gasteiger partial charge in [-0.3, -0.25) is 0 Å². The van der Waals surface area contributed by atoms with Crippen molar-refractivity contribution in [3.05, 3.63) is 137 Å². The second kappa shape index (κ2) is 12.2. The molecule has 5 aliphatic carbocycles. The maximum absolute atomic E-state index is 4.82. The van der Waals surface area contributed by atoms with E-state index in [4.69, 9.17) is 13.2 Å². The van der Waals surface area contributed by atoms with Crippen molar-refractivity contribution in [1.82, 2.24) is 0 Å². The van der Waals surface area contributed by atoms with Gasteiger partial charge in [0.15, 0.2) is 0 Å². The predicted molar refractivity (Wildman–Crippen MR) is 190 cm³/mol. The minimum absolute atomic E-state index is 0.346. The van der Waals surface area contributed by atoms with Crippen LogP contribution in [0.4, 0.5) is 0 Å². The van der Waals surface area contributed by atoms with Gasteiger partial charge in [-0.2, -0.15) is 0 Å². The molecule has 0 bridgehead atoms. The van der Waals surface area contributed by atoms with Gasteiger partial charge in [-0.05, 0) is 159 Å². The molecule has 0 heterocycles. The first-order valence-corrected chi connectivity index (χ1v) is 17.4. The molecule has 7 rings (SSSR count). The second-order valence-electron chi connectivity index (χ2n) is 14.8. The Kier molecular flexibility index (Phi) is 8.13. The maximum Gasteiger partial charge on any atom is 0.0120 e. The Bertz CT molecular complexity index is 1600. The molecule has 2 aromatic rings. The molecule has 0 spiro atoms. The fourth-order valence-electron chi connectivity index (χ4n) is 9.36. The standard InChI is InChI=1S/C44H50/c1-28(2)23-33-13-15-34(16-14-33)35-17-19-36(20-18-35)38-25-29(3)41-27-43(31(5)42(41)26-38)44(30(4)24-32-9-6-7-10-32)40-22-21-37-11-8-12-39(37)40/h6-7,9,17-22,25-26,33-34,37,43-44H,1,4-5,8,10-16,23-24,27H2,2-3H3. The third-order valence-electron chi connectivity index (χ3n) is 11.7. The predicted octanol–water partition coefficient (Wildman–Crippen LogP) is 12.2. The number of fused-ring (bicyclic) bond motifs is 2. The maximum atomic E-state index is 4.82. The van der Waals surface area contributed by atoms with Crippen molar-refractivity contribution >= 4 is 5.57 Å². The average molecular weight is 579 g/mol. The van der Waals surface area contributed by atoms with Gasteiger partial charge in [0.2, 0.25) is 0 Å². The summed E-state index contributed by atoms with van der Waals surface area (Å²) < 4.78 is 0. The van der Waals surface area contributed by atoms with Crippen LogP contribution in [-0.4, -0.2) is 0 Å². The zero-order valence-corrected chi connectivity index (χ0v) is 27.1. The highest BCUT2D eigenvalue weighted by atomic mass is 14.4. The van der Waals surface area contributed by atoms with Crippen LogP contribution in [0.3, 0.4) is 0 Å². The van der Waals surface area contributed by atoms with Crippen LogP contribution in [0, 0.1) is 30.6 Å². The minimum Gasteiger partial charge on any atom is -0.100 e. The molecule has 3 atom stereocenters. The van der Waals surface area contributed by atoms with Crippen LogP contribution in [-0.2, 0) is 6.42 Å². The van der Waals surface area contributed by atoms with Gasteiger partial charge in [0, 0.05) is 5.92 Å². The topological polar surface area (TPSA) is 0 Å². The van der Waals surface area contributed by atoms with E-state index in [1.165, 1.54) is 107 Å². The van der Waals surface area contributed by atoms with Crippen LogP contribution >= 0.6 is 0 Å². The van der Waals surface area contributed by atoms with Gasteiger partial charge in [-0.1, -0.05) is 96.2 Å². The molecule has 0 aromatic heterocycles. The highest BCUT2D eigenvalue weighted by Gasteiger charge is 2.39. The monoisotopic (exact) mass is 578 g/mol. The van der Waals surface area contributed by atoms with E-state index in [0.717, 1.165) is 25.2 Å². The van der Waals surface area contributed by atoms with E-state index in [1.54, 1.807) is 11.1 Å². The zero-order chi connectivity index (χ0) is 30.4. The largest absolute Gasteiger partial charge is 0.100 e. The van der Waals surface area contributed by atoms with E-state index < -0.39 is 0 Å². The summed E-state index contributed by atoms with van der Waals surface area (Å²) in [6.07, 6.45) is 25.3. The third kappa shape index (κ3) is 5.62. The lowest BCUT2D eigenvalue weighted by Crippen LogP contribution is -2.19. The minimum atomic E-state index is 0.346. The van der Waals surface area contributed by atoms with Crippen LogP contribution in [0.1, 0.15) is 99.3 Å². The Labute approximate surface area is 266 Å². The Hall–Kier alpha value is -3.38. The summed E-state index contributed by atoms with van der Waals surface area (Å²) in [5, 5.41) is 0. The SMILES string of the molecule is C=C(C)CC1CCC(c2ccc(-c3cc(C)c4c(c3)C(=C)C(C(C(=C)CC3=CC=CC3)C3=C5CCCC5C=C3)C4)cc2)CC1. The first kappa shape index (κ1) is 29.3. The summed E-state index contributed by atoms with van der Waals surface area (Å²) >= 11 is 0. The molecule has 0 N–H and O–H groups in total. The van der Waals surface area contributed by atoms with Crippen molar-refractivity contribution in [2.24, 2.45) is 23.7 Å². The zero-order valence-electron chi connectivity index (χ0n) is 27.1. The van der Waals surface area contributed by atoms with Crippen molar-refractivity contribution in [3.63, 3.8) is 0 Å². The van der Waals surface area contributed by atoms with Gasteiger partial charge in [-0.25, -0.2) is 0 Å². The van der Waals surface area contributed by atoms with E-state index in [9.17, 15) is 0 Å². The molecular weight excluding hydrogens is 528 g/mol. The number of allylic oxidation sites excluding steroid dienone is 11. The number of aryl methyl sites for hydroxylation is 1. The van der Waals surface area contributed by atoms with Crippen molar-refractivity contribution < 1.29 is 0 Å². The number of benzene rings is 2. The van der Waals surface area contributed by atoms with E-state index >= 15 is 0 Å². The summed E-state index contributed by atoms with van der Waals surface area (Å²) in [5.41, 5.74) is 17.3. The Morgan fingerprint density at radius 1 is 0.977 bits per heavy atom. The molecule has 2 saturated carbocycles. The molecule has 226 valence electrons. The lowest BCUT2D eigenvalue weighted by molar-refractivity contribution is 0.324. The molecular formula is C44H50. The first-order chi connectivity index (χ1) is 21.4. The summed E-state index contributed by atoms with van der Waals surface area (Å²) in [5.74, 6) is 2.93. The molecule has 0 heteroatoms. The average Bonchev–Trinajstić information content (AvgIpc) is 3.82. The van der Waals surface area contributed by atoms with Crippen molar-refractivity contribution in [1.29, 1.82) is 0 Å². The Balaban J connectivity index is 1.13. The molecule has 0 saturated heterocycles. The summed E-state index contributed by atoms with van der Waals surface area (Å²) in [4.78, 5) is 0. The third-order valence-corrected chi connectivity index (χ3v) is 11.7. The van der Waals surface area contributed by atoms with Crippen LogP contribution < -0.4 is 0 Å². The summed E-state index contributed by atoms with van der Waals surface area (Å²) in [6.45, 7) is 18.3. The Morgan fingerprint density at radius 2 is 1.77 bits per heavy atom. The van der Waals surface area contributed by atoms with E-state index in [0.29, 0.717) is 23.7 Å². The molecule has 2 aromatic carbocycles. The highest BCUT2D eigenvalue weighted by Crippen LogP contribution is 2.52. The molecule has 5 aliphatic rings. The quantitative estimate of drug-likeness (QED) is 0.260. The van der Waals surface area contributed by atoms with E-state index in [1.807, 2.05) is 0 Å². The molecule has 44 heavy (non-hydrogen) atoms. The van der Waals surface area contributed by atoms with Crippen molar-refractivity contribution in [2.45, 2.75) is 90.4 Å². The van der Waals surface area contributed by atoms with Gasteiger partial charge >= 0.3 is 0 Å². The summed E-state index contributed by atoms with van der Waals surface area (Å²) in [7, 11) is 0.